The van der Waals surface area contributed by atoms with Crippen LogP contribution in [-0.4, -0.2) is 12.4 Å². The molecule has 0 amide bonds. The first-order valence-corrected chi connectivity index (χ1v) is 21.4. The molecule has 0 aliphatic carbocycles. The van der Waals surface area contributed by atoms with E-state index in [1.807, 2.05) is 11.8 Å². The number of halogens is 20. The van der Waals surface area contributed by atoms with Crippen molar-refractivity contribution in [1.29, 1.82) is 0 Å². The molecule has 0 radical (unpaired) electrons. The predicted octanol–water partition coefficient (Wildman–Crippen LogP) is 11.4. The number of hydrogen-bond donors (Lipinski definition) is 0. The van der Waals surface area contributed by atoms with Crippen LogP contribution in [0, 0.1) is 116 Å². The van der Waals surface area contributed by atoms with Crippen LogP contribution in [0.15, 0.2) is 87.5 Å². The lowest BCUT2D eigenvalue weighted by Gasteiger charge is -2.44. The molecule has 68 heavy (non-hydrogen) atoms. The largest absolute Gasteiger partial charge is 0.207 e. The molecule has 0 N–H and O–H groups in total. The van der Waals surface area contributed by atoms with E-state index in [-0.39, 0.29) is 10.9 Å². The van der Waals surface area contributed by atoms with Crippen LogP contribution in [-0.2, 0) is 23.1 Å². The fourth-order valence-corrected chi connectivity index (χ4v) is 10.4. The predicted molar refractivity (Wildman–Crippen MR) is 211 cm³/mol. The van der Waals surface area contributed by atoms with Crippen molar-refractivity contribution in [2.24, 2.45) is 0 Å². The number of rotatable bonds is 7. The third-order valence-electron chi connectivity index (χ3n) is 10.9. The van der Waals surface area contributed by atoms with Gasteiger partial charge in [0.15, 0.2) is 74.7 Å². The first-order chi connectivity index (χ1) is 32.0. The molecule has 0 nitrogen and oxygen atoms in total. The molecule has 354 valence electrons. The van der Waals surface area contributed by atoms with Gasteiger partial charge in [0.1, 0.15) is 64.7 Å². The summed E-state index contributed by atoms with van der Waals surface area (Å²) in [5.74, 6) is -70.3. The van der Waals surface area contributed by atoms with Crippen molar-refractivity contribution < 1.29 is 87.8 Å². The van der Waals surface area contributed by atoms with E-state index in [1.165, 1.54) is 31.4 Å². The third kappa shape index (κ3) is 7.93. The smallest absolute Gasteiger partial charge is 0.200 e. The molecule has 7 aromatic carbocycles. The molecule has 1 aliphatic heterocycles. The molecule has 0 aromatic heterocycles. The van der Waals surface area contributed by atoms with Crippen LogP contribution in [0.1, 0.15) is 16.7 Å². The van der Waals surface area contributed by atoms with Crippen LogP contribution >= 0.6 is 11.8 Å². The van der Waals surface area contributed by atoms with Crippen molar-refractivity contribution in [2.75, 3.05) is 6.26 Å². The highest BCUT2D eigenvalue weighted by molar-refractivity contribution is 7.99. The average Bonchev–Trinajstić information content (AvgIpc) is 3.33. The van der Waals surface area contributed by atoms with Gasteiger partial charge >= 0.3 is 0 Å². The number of hydrogen-bond acceptors (Lipinski definition) is 1. The summed E-state index contributed by atoms with van der Waals surface area (Å²) in [4.78, 5) is 4.28. The summed E-state index contributed by atoms with van der Waals surface area (Å²) in [5, 5.41) is 0. The lowest BCUT2D eigenvalue weighted by atomic mass is 9.12. The molecule has 23 heteroatoms. The van der Waals surface area contributed by atoms with Crippen LogP contribution in [0.4, 0.5) is 87.8 Å². The van der Waals surface area contributed by atoms with E-state index in [1.54, 1.807) is 0 Å². The monoisotopic (exact) mass is 1010 g/mol. The quantitative estimate of drug-likeness (QED) is 0.0504. The fraction of sp³-hybridized carbons (Fsp3) is 0.0667. The van der Waals surface area contributed by atoms with Crippen molar-refractivity contribution in [1.82, 2.24) is 0 Å². The molecule has 0 saturated carbocycles. The normalized spacial score (nSPS) is 12.7. The maximum Gasteiger partial charge on any atom is 0.200 e. The van der Waals surface area contributed by atoms with E-state index < -0.39 is 144 Å². The van der Waals surface area contributed by atoms with Crippen LogP contribution in [0.2, 0.25) is 0 Å². The van der Waals surface area contributed by atoms with Gasteiger partial charge in [-0.05, 0) is 47.9 Å². The standard InChI is InChI=1S/C24BF20.C21H19S2/c26-5-1(6(27)14(35)21(42)13(5)34)25(2-7(28)15(36)22(43)16(37)8(2)29,3-9(30)17(38)23(44)18(39)10(3)31)4-11(32)19(40)24(45)20(41)12(4)33;1-23(19-8-3-2-4-9-19)15-16-11-12-21-18(13-16)14-17-7-5-6-10-20(17)22-21/h;2-13H,14-15H2,1H3/q-1;+1. The molecule has 1 atom stereocenters. The third-order valence-corrected chi connectivity index (χ3v) is 14.0. The van der Waals surface area contributed by atoms with E-state index in [2.05, 4.69) is 79.1 Å². The summed E-state index contributed by atoms with van der Waals surface area (Å²) in [6, 6.07) is 26.7. The SMILES string of the molecule is C[S+](Cc1ccc2c(c1)Cc1ccccc1S2)c1ccccc1.Fc1c(F)c(F)c([B-](c2c(F)c(F)c(F)c(F)c2F)(c2c(F)c(F)c(F)c(F)c2F)c2c(F)c(F)c(F)c(F)c2F)c(F)c1F. The lowest BCUT2D eigenvalue weighted by Crippen LogP contribution is -2.81. The average molecular weight is 1010 g/mol. The summed E-state index contributed by atoms with van der Waals surface area (Å²) in [7, 11) is 0.263. The van der Waals surface area contributed by atoms with Gasteiger partial charge in [-0.3, -0.25) is 0 Å². The Morgan fingerprint density at radius 2 is 0.676 bits per heavy atom. The Morgan fingerprint density at radius 1 is 0.368 bits per heavy atom. The topological polar surface area (TPSA) is 0 Å². The van der Waals surface area contributed by atoms with Crippen LogP contribution in [0.5, 0.6) is 0 Å². The number of fused-ring (bicyclic) bond motifs is 2. The zero-order chi connectivity index (χ0) is 50.0. The molecule has 0 bridgehead atoms. The van der Waals surface area contributed by atoms with Gasteiger partial charge in [-0.1, -0.05) is 54.2 Å². The van der Waals surface area contributed by atoms with Crippen molar-refractivity contribution in [3.8, 4) is 0 Å². The Bertz CT molecular complexity index is 2800. The minimum atomic E-state index is -7.22. The van der Waals surface area contributed by atoms with Gasteiger partial charge < -0.3 is 0 Å². The van der Waals surface area contributed by atoms with Gasteiger partial charge in [0.25, 0.3) is 0 Å². The maximum absolute atomic E-state index is 15.4. The van der Waals surface area contributed by atoms with Crippen molar-refractivity contribution >= 4 is 50.7 Å². The molecule has 1 unspecified atom stereocenters. The Kier molecular flexibility index (Phi) is 13.7. The second-order valence-corrected chi connectivity index (χ2v) is 17.8. The van der Waals surface area contributed by atoms with Gasteiger partial charge in [0, 0.05) is 26.2 Å². The summed E-state index contributed by atoms with van der Waals surface area (Å²) in [6.45, 7) is 0. The molecule has 0 fully saturated rings. The summed E-state index contributed by atoms with van der Waals surface area (Å²) in [5.41, 5.74) is -9.93. The van der Waals surface area contributed by atoms with E-state index in [9.17, 15) is 52.7 Å². The van der Waals surface area contributed by atoms with Crippen molar-refractivity contribution in [3.05, 3.63) is 206 Å². The van der Waals surface area contributed by atoms with Crippen LogP contribution in [0.3, 0.4) is 0 Å². The zero-order valence-corrected chi connectivity index (χ0v) is 34.9. The van der Waals surface area contributed by atoms with E-state index in [0.717, 1.165) is 12.2 Å². The highest BCUT2D eigenvalue weighted by atomic mass is 32.2. The first kappa shape index (κ1) is 49.8. The Balaban J connectivity index is 0.000000246. The molecule has 8 rings (SSSR count). The maximum atomic E-state index is 15.4. The molecular weight excluding hydrogens is 995 g/mol. The van der Waals surface area contributed by atoms with Gasteiger partial charge in [-0.15, -0.1) is 21.9 Å². The Morgan fingerprint density at radius 3 is 1.04 bits per heavy atom. The van der Waals surface area contributed by atoms with E-state index in [0.29, 0.717) is 0 Å². The van der Waals surface area contributed by atoms with Crippen LogP contribution < -0.4 is 21.9 Å². The molecule has 7 aromatic rings. The van der Waals surface area contributed by atoms with Crippen molar-refractivity contribution in [3.63, 3.8) is 0 Å². The molecule has 0 saturated heterocycles. The molecule has 1 heterocycles. The fourth-order valence-electron chi connectivity index (χ4n) is 7.89. The van der Waals surface area contributed by atoms with E-state index in [4.69, 9.17) is 0 Å². The Hall–Kier alpha value is -6.10. The molecular formula is C45H19BF20S2. The molecule has 1 aliphatic rings. The first-order valence-electron chi connectivity index (χ1n) is 18.8. The second kappa shape index (κ2) is 18.8. The van der Waals surface area contributed by atoms with Gasteiger partial charge in [0.2, 0.25) is 0 Å². The second-order valence-electron chi connectivity index (χ2n) is 14.7. The minimum absolute atomic E-state index is 0.263. The lowest BCUT2D eigenvalue weighted by molar-refractivity contribution is 0.378. The van der Waals surface area contributed by atoms with Gasteiger partial charge in [-0.2, -0.15) is 0 Å². The zero-order valence-electron chi connectivity index (χ0n) is 33.3. The van der Waals surface area contributed by atoms with E-state index >= 15 is 35.1 Å². The van der Waals surface area contributed by atoms with Crippen LogP contribution in [0.25, 0.3) is 0 Å². The highest BCUT2D eigenvalue weighted by Crippen LogP contribution is 2.40. The van der Waals surface area contributed by atoms with Crippen molar-refractivity contribution in [2.45, 2.75) is 26.9 Å². The highest BCUT2D eigenvalue weighted by Gasteiger charge is 2.52. The summed E-state index contributed by atoms with van der Waals surface area (Å²) >= 11 is 1.91. The van der Waals surface area contributed by atoms with Gasteiger partial charge in [-0.25, -0.2) is 87.8 Å². The summed E-state index contributed by atoms with van der Waals surface area (Å²) < 4.78 is 294. The van der Waals surface area contributed by atoms with Gasteiger partial charge in [0.05, 0.1) is 0 Å². The number of benzene rings is 7. The minimum Gasteiger partial charge on any atom is -0.207 e. The Labute approximate surface area is 376 Å². The summed E-state index contributed by atoms with van der Waals surface area (Å²) in [6.07, 6.45) is -3.81. The molecule has 0 spiro atoms.